The van der Waals surface area contributed by atoms with Crippen molar-refractivity contribution in [3.63, 3.8) is 0 Å². The first kappa shape index (κ1) is 11.4. The van der Waals surface area contributed by atoms with Gasteiger partial charge in [0.15, 0.2) is 0 Å². The van der Waals surface area contributed by atoms with Crippen LogP contribution in [0.5, 0.6) is 0 Å². The van der Waals surface area contributed by atoms with E-state index in [1.54, 1.807) is 0 Å². The molecule has 0 aliphatic carbocycles. The maximum absolute atomic E-state index is 5.73. The standard InChI is InChI=1S/C13H18N2/c1-9(2)8-15-11(4)13-7-12(14)6-5-10(13)3/h5-7,15H,1,4,8,14H2,2-3H3. The maximum atomic E-state index is 5.73. The molecule has 0 radical (unpaired) electrons. The summed E-state index contributed by atoms with van der Waals surface area (Å²) in [7, 11) is 0. The minimum atomic E-state index is 0.743. The zero-order valence-electron chi connectivity index (χ0n) is 9.43. The fraction of sp³-hybridized carbons (Fsp3) is 0.231. The molecular formula is C13H18N2. The average Bonchev–Trinajstić information content (AvgIpc) is 2.18. The fourth-order valence-corrected chi connectivity index (χ4v) is 1.32. The molecule has 3 N–H and O–H groups in total. The molecule has 0 amide bonds. The molecule has 0 aliphatic rings. The molecule has 0 saturated carbocycles. The Morgan fingerprint density at radius 2 is 2.07 bits per heavy atom. The summed E-state index contributed by atoms with van der Waals surface area (Å²) in [5, 5.41) is 3.22. The van der Waals surface area contributed by atoms with Crippen LogP contribution in [0.2, 0.25) is 0 Å². The van der Waals surface area contributed by atoms with E-state index in [9.17, 15) is 0 Å². The second-order valence-electron chi connectivity index (χ2n) is 3.86. The average molecular weight is 202 g/mol. The molecule has 0 aliphatic heterocycles. The summed E-state index contributed by atoms with van der Waals surface area (Å²) in [6, 6.07) is 5.83. The molecule has 0 atom stereocenters. The van der Waals surface area contributed by atoms with E-state index in [-0.39, 0.29) is 0 Å². The van der Waals surface area contributed by atoms with Crippen LogP contribution in [0.3, 0.4) is 0 Å². The van der Waals surface area contributed by atoms with Gasteiger partial charge in [0, 0.05) is 23.5 Å². The van der Waals surface area contributed by atoms with E-state index in [2.05, 4.69) is 18.5 Å². The van der Waals surface area contributed by atoms with Crippen molar-refractivity contribution in [2.45, 2.75) is 13.8 Å². The quantitative estimate of drug-likeness (QED) is 0.582. The lowest BCUT2D eigenvalue weighted by Crippen LogP contribution is -2.14. The van der Waals surface area contributed by atoms with Gasteiger partial charge in [0.05, 0.1) is 0 Å². The molecular weight excluding hydrogens is 184 g/mol. The van der Waals surface area contributed by atoms with Gasteiger partial charge in [-0.05, 0) is 31.5 Å². The highest BCUT2D eigenvalue weighted by Crippen LogP contribution is 2.18. The van der Waals surface area contributed by atoms with Gasteiger partial charge < -0.3 is 11.1 Å². The second-order valence-corrected chi connectivity index (χ2v) is 3.86. The Labute approximate surface area is 91.5 Å². The van der Waals surface area contributed by atoms with Crippen LogP contribution in [0.25, 0.3) is 5.70 Å². The Morgan fingerprint density at radius 3 is 2.67 bits per heavy atom. The van der Waals surface area contributed by atoms with Crippen molar-refractivity contribution in [1.29, 1.82) is 0 Å². The predicted molar refractivity (Wildman–Crippen MR) is 67.4 cm³/mol. The summed E-state index contributed by atoms with van der Waals surface area (Å²) < 4.78 is 0. The molecule has 1 aromatic rings. The van der Waals surface area contributed by atoms with Crippen LogP contribution in [0.1, 0.15) is 18.1 Å². The van der Waals surface area contributed by atoms with Gasteiger partial charge in [0.25, 0.3) is 0 Å². The summed E-state index contributed by atoms with van der Waals surface area (Å²) in [6.07, 6.45) is 0. The monoisotopic (exact) mass is 202 g/mol. The molecule has 0 fully saturated rings. The van der Waals surface area contributed by atoms with Gasteiger partial charge in [-0.2, -0.15) is 0 Å². The number of hydrogen-bond acceptors (Lipinski definition) is 2. The van der Waals surface area contributed by atoms with Crippen molar-refractivity contribution >= 4 is 11.4 Å². The van der Waals surface area contributed by atoms with Gasteiger partial charge in [0.1, 0.15) is 0 Å². The summed E-state index contributed by atoms with van der Waals surface area (Å²) in [5.41, 5.74) is 10.7. The number of rotatable bonds is 4. The van der Waals surface area contributed by atoms with Gasteiger partial charge in [0.2, 0.25) is 0 Å². The van der Waals surface area contributed by atoms with Gasteiger partial charge in [-0.15, -0.1) is 0 Å². The van der Waals surface area contributed by atoms with Crippen molar-refractivity contribution in [2.24, 2.45) is 0 Å². The largest absolute Gasteiger partial charge is 0.399 e. The topological polar surface area (TPSA) is 38.0 Å². The van der Waals surface area contributed by atoms with Crippen molar-refractivity contribution in [3.8, 4) is 0 Å². The first-order chi connectivity index (χ1) is 7.00. The molecule has 0 spiro atoms. The van der Waals surface area contributed by atoms with Gasteiger partial charge in [-0.1, -0.05) is 24.8 Å². The molecule has 0 heterocycles. The van der Waals surface area contributed by atoms with Crippen LogP contribution in [0.15, 0.2) is 36.9 Å². The highest BCUT2D eigenvalue weighted by Gasteiger charge is 2.02. The fourth-order valence-electron chi connectivity index (χ4n) is 1.32. The third kappa shape index (κ3) is 3.17. The lowest BCUT2D eigenvalue weighted by Gasteiger charge is -2.12. The van der Waals surface area contributed by atoms with Crippen molar-refractivity contribution in [1.82, 2.24) is 5.32 Å². The summed E-state index contributed by atoms with van der Waals surface area (Å²) in [5.74, 6) is 0. The lowest BCUT2D eigenvalue weighted by molar-refractivity contribution is 0.960. The van der Waals surface area contributed by atoms with Crippen LogP contribution in [-0.2, 0) is 0 Å². The summed E-state index contributed by atoms with van der Waals surface area (Å²) in [4.78, 5) is 0. The summed E-state index contributed by atoms with van der Waals surface area (Å²) >= 11 is 0. The van der Waals surface area contributed by atoms with E-state index in [1.165, 1.54) is 5.56 Å². The number of nitrogens with two attached hydrogens (primary N) is 1. The summed E-state index contributed by atoms with van der Waals surface area (Å²) in [6.45, 7) is 12.6. The highest BCUT2D eigenvalue weighted by molar-refractivity contribution is 5.68. The minimum absolute atomic E-state index is 0.743. The Hall–Kier alpha value is -1.70. The molecule has 0 saturated heterocycles. The Balaban J connectivity index is 2.81. The number of anilines is 1. The Bertz CT molecular complexity index is 392. The van der Waals surface area contributed by atoms with Crippen LogP contribution in [0, 0.1) is 6.92 Å². The van der Waals surface area contributed by atoms with Crippen LogP contribution in [-0.4, -0.2) is 6.54 Å². The first-order valence-corrected chi connectivity index (χ1v) is 4.94. The highest BCUT2D eigenvalue weighted by atomic mass is 14.9. The molecule has 0 bridgehead atoms. The van der Waals surface area contributed by atoms with E-state index in [0.29, 0.717) is 0 Å². The number of hydrogen-bond donors (Lipinski definition) is 2. The van der Waals surface area contributed by atoms with Crippen LogP contribution in [0.4, 0.5) is 5.69 Å². The normalized spacial score (nSPS) is 9.73. The van der Waals surface area contributed by atoms with Crippen molar-refractivity contribution < 1.29 is 0 Å². The number of nitrogens with one attached hydrogen (secondary N) is 1. The van der Waals surface area contributed by atoms with E-state index >= 15 is 0 Å². The number of benzene rings is 1. The van der Waals surface area contributed by atoms with Gasteiger partial charge in [-0.3, -0.25) is 0 Å². The van der Waals surface area contributed by atoms with Crippen LogP contribution < -0.4 is 11.1 Å². The maximum Gasteiger partial charge on any atom is 0.0354 e. The minimum Gasteiger partial charge on any atom is -0.399 e. The van der Waals surface area contributed by atoms with E-state index in [1.807, 2.05) is 32.0 Å². The van der Waals surface area contributed by atoms with Crippen LogP contribution >= 0.6 is 0 Å². The molecule has 1 aromatic carbocycles. The second kappa shape index (κ2) is 4.69. The molecule has 0 aromatic heterocycles. The molecule has 2 nitrogen and oxygen atoms in total. The molecule has 80 valence electrons. The zero-order chi connectivity index (χ0) is 11.4. The third-order valence-corrected chi connectivity index (χ3v) is 2.19. The number of nitrogen functional groups attached to an aromatic ring is 1. The SMILES string of the molecule is C=C(C)CNC(=C)c1cc(N)ccc1C. The van der Waals surface area contributed by atoms with Gasteiger partial charge in [-0.25, -0.2) is 0 Å². The Morgan fingerprint density at radius 1 is 1.40 bits per heavy atom. The van der Waals surface area contributed by atoms with Gasteiger partial charge >= 0.3 is 0 Å². The lowest BCUT2D eigenvalue weighted by atomic mass is 10.1. The van der Waals surface area contributed by atoms with Crippen molar-refractivity contribution in [3.05, 3.63) is 48.1 Å². The smallest absolute Gasteiger partial charge is 0.0354 e. The Kier molecular flexibility index (Phi) is 3.56. The van der Waals surface area contributed by atoms with E-state index in [4.69, 9.17) is 5.73 Å². The molecule has 2 heteroatoms. The first-order valence-electron chi connectivity index (χ1n) is 4.94. The molecule has 15 heavy (non-hydrogen) atoms. The molecule has 1 rings (SSSR count). The van der Waals surface area contributed by atoms with E-state index < -0.39 is 0 Å². The predicted octanol–water partition coefficient (Wildman–Crippen LogP) is 2.71. The van der Waals surface area contributed by atoms with E-state index in [0.717, 1.165) is 29.1 Å². The molecule has 0 unspecified atom stereocenters. The van der Waals surface area contributed by atoms with Crippen molar-refractivity contribution in [2.75, 3.05) is 12.3 Å². The third-order valence-electron chi connectivity index (χ3n) is 2.19. The zero-order valence-corrected chi connectivity index (χ0v) is 9.43. The number of aryl methyl sites for hydroxylation is 1.